The SMILES string of the molecule is CNc1cc(Cc2ccc(NC(=O)Nc3cccc(C(F)(F)F)c3)cc2)ncn1. The maximum atomic E-state index is 12.7. The molecule has 3 N–H and O–H groups in total. The van der Waals surface area contributed by atoms with Gasteiger partial charge in [-0.15, -0.1) is 0 Å². The number of amides is 2. The van der Waals surface area contributed by atoms with Crippen LogP contribution in [0.25, 0.3) is 0 Å². The summed E-state index contributed by atoms with van der Waals surface area (Å²) in [6, 6.07) is 12.7. The Morgan fingerprint density at radius 2 is 1.69 bits per heavy atom. The highest BCUT2D eigenvalue weighted by atomic mass is 19.4. The standard InChI is InChI=1S/C20H18F3N5O/c1-24-18-11-17(25-12-26-18)9-13-5-7-15(8-6-13)27-19(29)28-16-4-2-3-14(10-16)20(21,22)23/h2-8,10-12H,9H2,1H3,(H,24,25,26)(H2,27,28,29). The van der Waals surface area contributed by atoms with Gasteiger partial charge in [-0.25, -0.2) is 14.8 Å². The molecule has 0 fully saturated rings. The van der Waals surface area contributed by atoms with Crippen LogP contribution in [-0.2, 0) is 12.6 Å². The van der Waals surface area contributed by atoms with E-state index in [0.29, 0.717) is 12.1 Å². The Hall–Kier alpha value is -3.62. The van der Waals surface area contributed by atoms with Crippen LogP contribution < -0.4 is 16.0 Å². The topological polar surface area (TPSA) is 78.9 Å². The molecule has 6 nitrogen and oxygen atoms in total. The average molecular weight is 401 g/mol. The lowest BCUT2D eigenvalue weighted by Gasteiger charge is -2.11. The highest BCUT2D eigenvalue weighted by molar-refractivity contribution is 5.99. The smallest absolute Gasteiger partial charge is 0.373 e. The molecular formula is C20H18F3N5O. The number of benzene rings is 2. The molecule has 9 heteroatoms. The summed E-state index contributed by atoms with van der Waals surface area (Å²) in [5, 5.41) is 7.93. The van der Waals surface area contributed by atoms with Crippen LogP contribution in [0.5, 0.6) is 0 Å². The van der Waals surface area contributed by atoms with Crippen LogP contribution >= 0.6 is 0 Å². The minimum atomic E-state index is -4.47. The monoisotopic (exact) mass is 401 g/mol. The predicted octanol–water partition coefficient (Wildman–Crippen LogP) is 4.77. The number of halogens is 3. The molecule has 0 aliphatic rings. The van der Waals surface area contributed by atoms with E-state index in [9.17, 15) is 18.0 Å². The highest BCUT2D eigenvalue weighted by Crippen LogP contribution is 2.30. The average Bonchev–Trinajstić information content (AvgIpc) is 2.69. The van der Waals surface area contributed by atoms with Crippen LogP contribution in [0, 0.1) is 0 Å². The number of alkyl halides is 3. The second-order valence-corrected chi connectivity index (χ2v) is 6.18. The number of rotatable bonds is 5. The molecule has 0 saturated heterocycles. The highest BCUT2D eigenvalue weighted by Gasteiger charge is 2.30. The van der Waals surface area contributed by atoms with Crippen molar-refractivity contribution in [2.45, 2.75) is 12.6 Å². The Morgan fingerprint density at radius 3 is 2.38 bits per heavy atom. The molecule has 1 aromatic heterocycles. The second kappa shape index (κ2) is 8.59. The Balaban J connectivity index is 1.60. The number of urea groups is 1. The largest absolute Gasteiger partial charge is 0.416 e. The molecule has 0 aliphatic carbocycles. The third kappa shape index (κ3) is 5.68. The Kier molecular flexibility index (Phi) is 5.96. The first-order chi connectivity index (χ1) is 13.8. The number of aromatic nitrogens is 2. The first kappa shape index (κ1) is 20.1. The molecule has 0 unspecified atom stereocenters. The van der Waals surface area contributed by atoms with E-state index >= 15 is 0 Å². The van der Waals surface area contributed by atoms with E-state index < -0.39 is 17.8 Å². The Bertz CT molecular complexity index is 990. The summed E-state index contributed by atoms with van der Waals surface area (Å²) in [7, 11) is 1.77. The Labute approximate surface area is 165 Å². The summed E-state index contributed by atoms with van der Waals surface area (Å²) >= 11 is 0. The fraction of sp³-hybridized carbons (Fsp3) is 0.150. The van der Waals surface area contributed by atoms with Crippen molar-refractivity contribution in [3.63, 3.8) is 0 Å². The third-order valence-corrected chi connectivity index (χ3v) is 4.02. The predicted molar refractivity (Wildman–Crippen MR) is 105 cm³/mol. The molecule has 2 amide bonds. The van der Waals surface area contributed by atoms with Gasteiger partial charge >= 0.3 is 12.2 Å². The zero-order valence-electron chi connectivity index (χ0n) is 15.4. The number of nitrogens with one attached hydrogen (secondary N) is 3. The van der Waals surface area contributed by atoms with E-state index in [1.54, 1.807) is 19.2 Å². The van der Waals surface area contributed by atoms with Crippen molar-refractivity contribution in [1.29, 1.82) is 0 Å². The normalized spacial score (nSPS) is 11.0. The zero-order valence-corrected chi connectivity index (χ0v) is 15.4. The molecule has 0 aliphatic heterocycles. The maximum Gasteiger partial charge on any atom is 0.416 e. The van der Waals surface area contributed by atoms with Crippen molar-refractivity contribution in [1.82, 2.24) is 9.97 Å². The van der Waals surface area contributed by atoms with Gasteiger partial charge in [0.1, 0.15) is 12.1 Å². The molecule has 0 spiro atoms. The lowest BCUT2D eigenvalue weighted by atomic mass is 10.1. The van der Waals surface area contributed by atoms with Crippen LogP contribution in [0.1, 0.15) is 16.8 Å². The van der Waals surface area contributed by atoms with Crippen molar-refractivity contribution in [2.24, 2.45) is 0 Å². The molecule has 29 heavy (non-hydrogen) atoms. The maximum absolute atomic E-state index is 12.7. The van der Waals surface area contributed by atoms with Gasteiger partial charge in [-0.1, -0.05) is 18.2 Å². The number of nitrogens with zero attached hydrogens (tertiary/aromatic N) is 2. The molecule has 3 aromatic rings. The fourth-order valence-electron chi connectivity index (χ4n) is 2.61. The number of carbonyl (C=O) groups excluding carboxylic acids is 1. The first-order valence-corrected chi connectivity index (χ1v) is 8.66. The molecular weight excluding hydrogens is 383 g/mol. The minimum Gasteiger partial charge on any atom is -0.373 e. The van der Waals surface area contributed by atoms with Crippen LogP contribution in [0.4, 0.5) is 35.2 Å². The minimum absolute atomic E-state index is 0.0537. The number of hydrogen-bond acceptors (Lipinski definition) is 4. The van der Waals surface area contributed by atoms with Gasteiger partial charge in [-0.2, -0.15) is 13.2 Å². The van der Waals surface area contributed by atoms with Crippen molar-refractivity contribution in [2.75, 3.05) is 23.0 Å². The van der Waals surface area contributed by atoms with Crippen LogP contribution in [0.3, 0.4) is 0 Å². The molecule has 0 atom stereocenters. The molecule has 2 aromatic carbocycles. The molecule has 150 valence electrons. The fourth-order valence-corrected chi connectivity index (χ4v) is 2.61. The third-order valence-electron chi connectivity index (χ3n) is 4.02. The number of carbonyl (C=O) groups is 1. The van der Waals surface area contributed by atoms with Gasteiger partial charge in [0.05, 0.1) is 11.3 Å². The second-order valence-electron chi connectivity index (χ2n) is 6.18. The Morgan fingerprint density at radius 1 is 0.966 bits per heavy atom. The molecule has 3 rings (SSSR count). The lowest BCUT2D eigenvalue weighted by molar-refractivity contribution is -0.137. The van der Waals surface area contributed by atoms with Crippen LogP contribution in [-0.4, -0.2) is 23.0 Å². The summed E-state index contributed by atoms with van der Waals surface area (Å²) in [5.74, 6) is 0.722. The molecule has 0 saturated carbocycles. The quantitative estimate of drug-likeness (QED) is 0.575. The van der Waals surface area contributed by atoms with E-state index in [1.165, 1.54) is 18.5 Å². The molecule has 0 radical (unpaired) electrons. The van der Waals surface area contributed by atoms with Crippen molar-refractivity contribution in [3.8, 4) is 0 Å². The van der Waals surface area contributed by atoms with Gasteiger partial charge < -0.3 is 16.0 Å². The summed E-state index contributed by atoms with van der Waals surface area (Å²) in [4.78, 5) is 20.3. The zero-order chi connectivity index (χ0) is 20.9. The van der Waals surface area contributed by atoms with Gasteiger partial charge in [0.25, 0.3) is 0 Å². The van der Waals surface area contributed by atoms with Crippen LogP contribution in [0.2, 0.25) is 0 Å². The summed E-state index contributed by atoms with van der Waals surface area (Å²) in [6.45, 7) is 0. The van der Waals surface area contributed by atoms with Gasteiger partial charge in [-0.05, 0) is 35.9 Å². The van der Waals surface area contributed by atoms with E-state index in [0.717, 1.165) is 29.2 Å². The summed E-state index contributed by atoms with van der Waals surface area (Å²) in [5.41, 5.74) is 1.56. The van der Waals surface area contributed by atoms with Gasteiger partial charge in [0.2, 0.25) is 0 Å². The van der Waals surface area contributed by atoms with Crippen molar-refractivity contribution < 1.29 is 18.0 Å². The summed E-state index contributed by atoms with van der Waals surface area (Å²) in [6.07, 6.45) is -2.40. The van der Waals surface area contributed by atoms with Crippen molar-refractivity contribution in [3.05, 3.63) is 77.7 Å². The summed E-state index contributed by atoms with van der Waals surface area (Å²) < 4.78 is 38.2. The van der Waals surface area contributed by atoms with Crippen molar-refractivity contribution >= 4 is 23.2 Å². The van der Waals surface area contributed by atoms with E-state index in [2.05, 4.69) is 25.9 Å². The van der Waals surface area contributed by atoms with Gasteiger partial charge in [0, 0.05) is 30.9 Å². The van der Waals surface area contributed by atoms with Gasteiger partial charge in [0.15, 0.2) is 0 Å². The molecule has 1 heterocycles. The van der Waals surface area contributed by atoms with E-state index in [-0.39, 0.29) is 5.69 Å². The van der Waals surface area contributed by atoms with E-state index in [4.69, 9.17) is 0 Å². The number of hydrogen-bond donors (Lipinski definition) is 3. The lowest BCUT2D eigenvalue weighted by Crippen LogP contribution is -2.19. The number of anilines is 3. The van der Waals surface area contributed by atoms with E-state index in [1.807, 2.05) is 18.2 Å². The van der Waals surface area contributed by atoms with Crippen LogP contribution in [0.15, 0.2) is 60.9 Å². The van der Waals surface area contributed by atoms with Gasteiger partial charge in [-0.3, -0.25) is 0 Å². The first-order valence-electron chi connectivity index (χ1n) is 8.66. The molecule has 0 bridgehead atoms.